The van der Waals surface area contributed by atoms with Crippen LogP contribution in [-0.4, -0.2) is 25.6 Å². The van der Waals surface area contributed by atoms with Crippen LogP contribution in [0.5, 0.6) is 0 Å². The van der Waals surface area contributed by atoms with Gasteiger partial charge in [0.1, 0.15) is 0 Å². The van der Waals surface area contributed by atoms with Gasteiger partial charge in [0.05, 0.1) is 27.3 Å². The highest BCUT2D eigenvalue weighted by atomic mass is 15.3. The molecule has 0 saturated heterocycles. The van der Waals surface area contributed by atoms with Crippen molar-refractivity contribution < 1.29 is 4.48 Å². The Balaban J connectivity index is 3.56. The van der Waals surface area contributed by atoms with Crippen molar-refractivity contribution >= 4 is 0 Å². The molecule has 0 N–H and O–H groups in total. The van der Waals surface area contributed by atoms with Crippen molar-refractivity contribution in [3.63, 3.8) is 0 Å². The van der Waals surface area contributed by atoms with Gasteiger partial charge in [0.15, 0.2) is 0 Å². The van der Waals surface area contributed by atoms with Crippen molar-refractivity contribution in [1.82, 2.24) is 0 Å². The Bertz CT molecular complexity index is 66.7. The van der Waals surface area contributed by atoms with Crippen molar-refractivity contribution in [3.05, 3.63) is 12.3 Å². The molecule has 1 nitrogen and oxygen atoms in total. The fourth-order valence-corrected chi connectivity index (χ4v) is 0.447. The lowest BCUT2D eigenvalue weighted by Gasteiger charge is -2.16. The summed E-state index contributed by atoms with van der Waals surface area (Å²) in [6, 6.07) is 0. The van der Waals surface area contributed by atoms with E-state index < -0.39 is 0 Å². The van der Waals surface area contributed by atoms with Crippen molar-refractivity contribution in [2.45, 2.75) is 6.92 Å². The van der Waals surface area contributed by atoms with Gasteiger partial charge in [0.2, 0.25) is 0 Å². The van der Waals surface area contributed by atoms with Gasteiger partial charge in [-0.2, -0.15) is 0 Å². The monoisotopic (exact) mass is 100 g/mol. The van der Waals surface area contributed by atoms with Crippen LogP contribution in [0, 0.1) is 0 Å². The van der Waals surface area contributed by atoms with Crippen LogP contribution < -0.4 is 0 Å². The van der Waals surface area contributed by atoms with Crippen molar-refractivity contribution in [2.24, 2.45) is 0 Å². The molecule has 0 unspecified atom stereocenters. The zero-order valence-corrected chi connectivity index (χ0v) is 5.60. The maximum absolute atomic E-state index is 2.12. The molecular formula is C6H14N+. The zero-order valence-electron chi connectivity index (χ0n) is 5.60. The first-order valence-electron chi connectivity index (χ1n) is 2.51. The summed E-state index contributed by atoms with van der Waals surface area (Å²) in [5.41, 5.74) is 0. The van der Waals surface area contributed by atoms with E-state index in [2.05, 4.69) is 33.4 Å². The Morgan fingerprint density at radius 3 is 1.57 bits per heavy atom. The highest BCUT2D eigenvalue weighted by molar-refractivity contribution is 4.64. The van der Waals surface area contributed by atoms with Crippen LogP contribution in [0.4, 0.5) is 0 Å². The summed E-state index contributed by atoms with van der Waals surface area (Å²) < 4.78 is 0.913. The molecule has 0 fully saturated rings. The molecule has 0 aliphatic carbocycles. The fraction of sp³-hybridized carbons (Fsp3) is 0.667. The molecule has 0 rings (SSSR count). The minimum Gasteiger partial charge on any atom is -0.305 e. The summed E-state index contributed by atoms with van der Waals surface area (Å²) in [4.78, 5) is 0. The second kappa shape index (κ2) is 2.12. The van der Waals surface area contributed by atoms with Gasteiger partial charge in [-0.1, -0.05) is 0 Å². The van der Waals surface area contributed by atoms with Crippen LogP contribution in [0.25, 0.3) is 0 Å². The van der Waals surface area contributed by atoms with E-state index in [1.165, 1.54) is 0 Å². The number of quaternary nitrogens is 1. The molecule has 0 bridgehead atoms. The second-order valence-corrected chi connectivity index (χ2v) is 2.60. The van der Waals surface area contributed by atoms with E-state index in [-0.39, 0.29) is 0 Å². The summed E-state index contributed by atoms with van der Waals surface area (Å²) in [6.07, 6.45) is 4.18. The van der Waals surface area contributed by atoms with Gasteiger partial charge >= 0.3 is 0 Å². The molecule has 42 valence electrons. The molecule has 0 aliphatic heterocycles. The molecule has 0 heterocycles. The first-order valence-corrected chi connectivity index (χ1v) is 2.51. The number of rotatable bonds is 1. The molecule has 7 heavy (non-hydrogen) atoms. The Labute approximate surface area is 45.8 Å². The van der Waals surface area contributed by atoms with Crippen LogP contribution in [0.2, 0.25) is 0 Å². The molecule has 0 amide bonds. The summed E-state index contributed by atoms with van der Waals surface area (Å²) in [5, 5.41) is 0. The Kier molecular flexibility index (Phi) is 2.03. The molecule has 0 aromatic carbocycles. The molecule has 0 radical (unpaired) electrons. The third-order valence-corrected chi connectivity index (χ3v) is 0.596. The van der Waals surface area contributed by atoms with Crippen LogP contribution in [0.1, 0.15) is 6.92 Å². The maximum atomic E-state index is 2.12. The molecular weight excluding hydrogens is 86.1 g/mol. The predicted molar refractivity (Wildman–Crippen MR) is 32.8 cm³/mol. The average molecular weight is 100 g/mol. The third kappa shape index (κ3) is 5.70. The van der Waals surface area contributed by atoms with Crippen molar-refractivity contribution in [1.29, 1.82) is 0 Å². The van der Waals surface area contributed by atoms with Gasteiger partial charge < -0.3 is 4.48 Å². The Hall–Kier alpha value is -0.300. The first-order chi connectivity index (χ1) is 3.06. The standard InChI is InChI=1S/C6H14N/c1-5-6-7(2,3)4/h5-6H,1-4H3/q+1. The lowest BCUT2D eigenvalue weighted by atomic mass is 10.6. The number of hydrogen-bond donors (Lipinski definition) is 0. The average Bonchev–Trinajstić information content (AvgIpc) is 1.30. The third-order valence-electron chi connectivity index (χ3n) is 0.596. The van der Waals surface area contributed by atoms with Gasteiger partial charge in [0, 0.05) is 0 Å². The molecule has 0 aromatic heterocycles. The highest BCUT2D eigenvalue weighted by Crippen LogP contribution is 1.88. The lowest BCUT2D eigenvalue weighted by molar-refractivity contribution is -0.817. The van der Waals surface area contributed by atoms with E-state index >= 15 is 0 Å². The molecule has 0 saturated carbocycles. The largest absolute Gasteiger partial charge is 0.305 e. The van der Waals surface area contributed by atoms with E-state index in [1.54, 1.807) is 0 Å². The van der Waals surface area contributed by atoms with Gasteiger partial charge in [-0.25, -0.2) is 0 Å². The van der Waals surface area contributed by atoms with Crippen LogP contribution in [-0.2, 0) is 0 Å². The Morgan fingerprint density at radius 2 is 1.57 bits per heavy atom. The zero-order chi connectivity index (χ0) is 5.91. The number of nitrogens with zero attached hydrogens (tertiary/aromatic N) is 1. The Morgan fingerprint density at radius 1 is 1.14 bits per heavy atom. The van der Waals surface area contributed by atoms with Crippen LogP contribution in [0.3, 0.4) is 0 Å². The molecule has 1 heteroatoms. The normalized spacial score (nSPS) is 13.1. The van der Waals surface area contributed by atoms with E-state index in [1.807, 2.05) is 6.92 Å². The smallest absolute Gasteiger partial charge is 0.0908 e. The van der Waals surface area contributed by atoms with Gasteiger partial charge in [0.25, 0.3) is 0 Å². The number of allylic oxidation sites excluding steroid dienone is 1. The molecule has 0 aromatic rings. The SMILES string of the molecule is CC=C[N+](C)(C)C. The summed E-state index contributed by atoms with van der Waals surface area (Å²) in [7, 11) is 6.38. The topological polar surface area (TPSA) is 0 Å². The summed E-state index contributed by atoms with van der Waals surface area (Å²) in [6.45, 7) is 2.03. The van der Waals surface area contributed by atoms with E-state index in [0.717, 1.165) is 4.48 Å². The molecule has 0 atom stereocenters. The number of hydrogen-bond acceptors (Lipinski definition) is 0. The maximum Gasteiger partial charge on any atom is 0.0908 e. The predicted octanol–water partition coefficient (Wildman–Crippen LogP) is 1.23. The van der Waals surface area contributed by atoms with Gasteiger partial charge in [-0.15, -0.1) is 0 Å². The molecule has 0 spiro atoms. The van der Waals surface area contributed by atoms with E-state index in [9.17, 15) is 0 Å². The molecule has 0 aliphatic rings. The van der Waals surface area contributed by atoms with Crippen LogP contribution >= 0.6 is 0 Å². The fourth-order valence-electron chi connectivity index (χ4n) is 0.447. The second-order valence-electron chi connectivity index (χ2n) is 2.60. The van der Waals surface area contributed by atoms with E-state index in [4.69, 9.17) is 0 Å². The lowest BCUT2D eigenvalue weighted by Crippen LogP contribution is -2.26. The first kappa shape index (κ1) is 6.70. The van der Waals surface area contributed by atoms with Crippen molar-refractivity contribution in [3.8, 4) is 0 Å². The summed E-state index contributed by atoms with van der Waals surface area (Å²) in [5.74, 6) is 0. The van der Waals surface area contributed by atoms with Crippen molar-refractivity contribution in [2.75, 3.05) is 21.1 Å². The van der Waals surface area contributed by atoms with Crippen LogP contribution in [0.15, 0.2) is 12.3 Å². The minimum absolute atomic E-state index is 0.913. The highest BCUT2D eigenvalue weighted by Gasteiger charge is 1.95. The minimum atomic E-state index is 0.913. The van der Waals surface area contributed by atoms with Gasteiger partial charge in [-0.05, 0) is 13.0 Å². The van der Waals surface area contributed by atoms with Gasteiger partial charge in [-0.3, -0.25) is 0 Å². The van der Waals surface area contributed by atoms with E-state index in [0.29, 0.717) is 0 Å². The summed E-state index contributed by atoms with van der Waals surface area (Å²) >= 11 is 0. The quantitative estimate of drug-likeness (QED) is 0.435.